The van der Waals surface area contributed by atoms with Crippen LogP contribution in [0.25, 0.3) is 0 Å². The standard InChI is InChI=1S/C15H17BF6O3/c1-12(2)13(3,4)25-16(24-12)10-7-9(15(20,21)22)5-6-11(10)23-8-14(17,18)19/h5-7H,8H2,1-4H3. The van der Waals surface area contributed by atoms with Crippen molar-refractivity contribution in [2.24, 2.45) is 0 Å². The number of benzene rings is 1. The van der Waals surface area contributed by atoms with Crippen molar-refractivity contribution >= 4 is 12.6 Å². The summed E-state index contributed by atoms with van der Waals surface area (Å²) in [6.45, 7) is 5.08. The normalized spacial score (nSPS) is 20.0. The molecule has 2 rings (SSSR count). The Morgan fingerprint density at radius 3 is 1.92 bits per heavy atom. The largest absolute Gasteiger partial charge is 0.498 e. The van der Waals surface area contributed by atoms with E-state index < -0.39 is 42.8 Å². The molecule has 25 heavy (non-hydrogen) atoms. The first-order valence-electron chi connectivity index (χ1n) is 7.39. The SMILES string of the molecule is CC1(C)OB(c2cc(C(F)(F)F)ccc2OCC(F)(F)F)OC1(C)C. The van der Waals surface area contributed by atoms with E-state index in [4.69, 9.17) is 9.31 Å². The third-order valence-electron chi connectivity index (χ3n) is 4.24. The summed E-state index contributed by atoms with van der Waals surface area (Å²) < 4.78 is 92.0. The van der Waals surface area contributed by atoms with E-state index in [0.29, 0.717) is 12.1 Å². The van der Waals surface area contributed by atoms with E-state index in [0.717, 1.165) is 6.07 Å². The summed E-state index contributed by atoms with van der Waals surface area (Å²) in [4.78, 5) is 0. The molecule has 1 aliphatic rings. The van der Waals surface area contributed by atoms with Gasteiger partial charge in [0, 0.05) is 5.46 Å². The number of alkyl halides is 6. The lowest BCUT2D eigenvalue weighted by Gasteiger charge is -2.32. The lowest BCUT2D eigenvalue weighted by Crippen LogP contribution is -2.41. The predicted molar refractivity (Wildman–Crippen MR) is 78.7 cm³/mol. The predicted octanol–water partition coefficient (Wildman–Crippen LogP) is 3.95. The molecule has 0 unspecified atom stereocenters. The van der Waals surface area contributed by atoms with Crippen molar-refractivity contribution in [3.05, 3.63) is 23.8 Å². The van der Waals surface area contributed by atoms with E-state index in [2.05, 4.69) is 4.74 Å². The van der Waals surface area contributed by atoms with Crippen LogP contribution in [0.3, 0.4) is 0 Å². The van der Waals surface area contributed by atoms with Crippen LogP contribution in [0.1, 0.15) is 33.3 Å². The van der Waals surface area contributed by atoms with Crippen molar-refractivity contribution in [3.8, 4) is 5.75 Å². The third kappa shape index (κ3) is 4.41. The van der Waals surface area contributed by atoms with Gasteiger partial charge in [0.1, 0.15) is 5.75 Å². The van der Waals surface area contributed by atoms with E-state index in [1.165, 1.54) is 0 Å². The van der Waals surface area contributed by atoms with E-state index in [1.54, 1.807) is 27.7 Å². The number of hydrogen-bond donors (Lipinski definition) is 0. The van der Waals surface area contributed by atoms with E-state index in [9.17, 15) is 26.3 Å². The first-order chi connectivity index (χ1) is 11.1. The maximum absolute atomic E-state index is 13.0. The molecule has 0 aliphatic carbocycles. The van der Waals surface area contributed by atoms with Crippen LogP contribution >= 0.6 is 0 Å². The first kappa shape index (κ1) is 19.9. The molecule has 0 radical (unpaired) electrons. The van der Waals surface area contributed by atoms with Gasteiger partial charge in [-0.2, -0.15) is 26.3 Å². The van der Waals surface area contributed by atoms with Gasteiger partial charge < -0.3 is 14.0 Å². The smallest absolute Gasteiger partial charge is 0.484 e. The van der Waals surface area contributed by atoms with Crippen molar-refractivity contribution in [2.75, 3.05) is 6.61 Å². The average molecular weight is 370 g/mol. The van der Waals surface area contributed by atoms with Gasteiger partial charge >= 0.3 is 19.5 Å². The van der Waals surface area contributed by atoms with Crippen LogP contribution in [0.5, 0.6) is 5.75 Å². The minimum atomic E-state index is -4.67. The second-order valence-corrected chi connectivity index (χ2v) is 6.74. The molecule has 0 amide bonds. The molecule has 1 saturated heterocycles. The summed E-state index contributed by atoms with van der Waals surface area (Å²) in [6.07, 6.45) is -9.29. The van der Waals surface area contributed by atoms with Crippen molar-refractivity contribution in [2.45, 2.75) is 51.2 Å². The van der Waals surface area contributed by atoms with Crippen molar-refractivity contribution in [3.63, 3.8) is 0 Å². The summed E-state index contributed by atoms with van der Waals surface area (Å²) in [5.74, 6) is -0.371. The molecule has 0 bridgehead atoms. The maximum Gasteiger partial charge on any atom is 0.498 e. The van der Waals surface area contributed by atoms with Crippen LogP contribution in [-0.2, 0) is 15.5 Å². The Hall–Kier alpha value is -1.42. The van der Waals surface area contributed by atoms with E-state index in [-0.39, 0.29) is 11.2 Å². The fourth-order valence-electron chi connectivity index (χ4n) is 2.17. The Bertz CT molecular complexity index is 623. The highest BCUT2D eigenvalue weighted by Crippen LogP contribution is 2.38. The van der Waals surface area contributed by atoms with Gasteiger partial charge in [0.2, 0.25) is 0 Å². The molecule has 0 spiro atoms. The molecule has 1 aromatic rings. The molecule has 0 N–H and O–H groups in total. The zero-order valence-corrected chi connectivity index (χ0v) is 14.0. The first-order valence-corrected chi connectivity index (χ1v) is 7.39. The Balaban J connectivity index is 2.42. The molecular weight excluding hydrogens is 353 g/mol. The van der Waals surface area contributed by atoms with Crippen molar-refractivity contribution < 1.29 is 40.4 Å². The van der Waals surface area contributed by atoms with E-state index in [1.807, 2.05) is 0 Å². The summed E-state index contributed by atoms with van der Waals surface area (Å²) >= 11 is 0. The van der Waals surface area contributed by atoms with Gasteiger partial charge in [-0.1, -0.05) is 0 Å². The van der Waals surface area contributed by atoms with Gasteiger partial charge in [0.25, 0.3) is 0 Å². The lowest BCUT2D eigenvalue weighted by atomic mass is 9.77. The highest BCUT2D eigenvalue weighted by molar-refractivity contribution is 6.63. The fraction of sp³-hybridized carbons (Fsp3) is 0.600. The zero-order chi connectivity index (χ0) is 19.3. The fourth-order valence-corrected chi connectivity index (χ4v) is 2.17. The number of ether oxygens (including phenoxy) is 1. The summed E-state index contributed by atoms with van der Waals surface area (Å²) in [6, 6.07) is 2.18. The highest BCUT2D eigenvalue weighted by Gasteiger charge is 2.53. The molecule has 0 aromatic heterocycles. The molecule has 1 fully saturated rings. The number of hydrogen-bond acceptors (Lipinski definition) is 3. The number of halogens is 6. The van der Waals surface area contributed by atoms with Crippen LogP contribution in [-0.4, -0.2) is 31.1 Å². The Morgan fingerprint density at radius 2 is 1.48 bits per heavy atom. The van der Waals surface area contributed by atoms with Crippen LogP contribution < -0.4 is 10.2 Å². The Morgan fingerprint density at radius 1 is 0.960 bits per heavy atom. The Labute approximate surface area is 141 Å². The molecular formula is C15H17BF6O3. The van der Waals surface area contributed by atoms with Gasteiger partial charge in [0.05, 0.1) is 16.8 Å². The van der Waals surface area contributed by atoms with E-state index >= 15 is 0 Å². The second kappa shape index (κ2) is 6.08. The van der Waals surface area contributed by atoms with Crippen molar-refractivity contribution in [1.29, 1.82) is 0 Å². The highest BCUT2D eigenvalue weighted by atomic mass is 19.4. The molecule has 1 aromatic carbocycles. The monoisotopic (exact) mass is 370 g/mol. The summed E-state index contributed by atoms with van der Waals surface area (Å²) in [7, 11) is -1.28. The average Bonchev–Trinajstić information content (AvgIpc) is 2.63. The summed E-state index contributed by atoms with van der Waals surface area (Å²) in [5, 5.41) is 0. The minimum absolute atomic E-state index is 0.238. The quantitative estimate of drug-likeness (QED) is 0.596. The van der Waals surface area contributed by atoms with Crippen LogP contribution in [0.2, 0.25) is 0 Å². The van der Waals surface area contributed by atoms with Crippen LogP contribution in [0.15, 0.2) is 18.2 Å². The van der Waals surface area contributed by atoms with Gasteiger partial charge in [-0.25, -0.2) is 0 Å². The second-order valence-electron chi connectivity index (χ2n) is 6.74. The minimum Gasteiger partial charge on any atom is -0.484 e. The molecule has 140 valence electrons. The summed E-state index contributed by atoms with van der Waals surface area (Å²) in [5.41, 5.74) is -3.00. The Kier molecular flexibility index (Phi) is 4.84. The van der Waals surface area contributed by atoms with Gasteiger partial charge in [-0.3, -0.25) is 0 Å². The molecule has 0 atom stereocenters. The third-order valence-corrected chi connectivity index (χ3v) is 4.24. The molecule has 0 saturated carbocycles. The van der Waals surface area contributed by atoms with Gasteiger partial charge in [0.15, 0.2) is 6.61 Å². The van der Waals surface area contributed by atoms with Crippen LogP contribution in [0.4, 0.5) is 26.3 Å². The lowest BCUT2D eigenvalue weighted by molar-refractivity contribution is -0.153. The molecule has 10 heteroatoms. The maximum atomic E-state index is 13.0. The topological polar surface area (TPSA) is 27.7 Å². The van der Waals surface area contributed by atoms with Gasteiger partial charge in [-0.15, -0.1) is 0 Å². The molecule has 3 nitrogen and oxygen atoms in total. The molecule has 1 aliphatic heterocycles. The van der Waals surface area contributed by atoms with Crippen LogP contribution in [0, 0.1) is 0 Å². The number of rotatable bonds is 3. The molecule has 1 heterocycles. The van der Waals surface area contributed by atoms with Gasteiger partial charge in [-0.05, 0) is 45.9 Å². The zero-order valence-electron chi connectivity index (χ0n) is 14.0. The van der Waals surface area contributed by atoms with Crippen molar-refractivity contribution in [1.82, 2.24) is 0 Å².